The summed E-state index contributed by atoms with van der Waals surface area (Å²) < 4.78 is 7.31. The highest BCUT2D eigenvalue weighted by molar-refractivity contribution is 6.30. The smallest absolute Gasteiger partial charge is 0.122 e. The molecule has 3 nitrogen and oxygen atoms in total. The van der Waals surface area contributed by atoms with Gasteiger partial charge in [0.1, 0.15) is 12.8 Å². The molecular weight excluding hydrogens is 248 g/mol. The molecule has 0 fully saturated rings. The molecule has 2 aromatic rings. The lowest BCUT2D eigenvalue weighted by molar-refractivity contribution is 0.0892. The fourth-order valence-corrected chi connectivity index (χ4v) is 1.92. The lowest BCUT2D eigenvalue weighted by Crippen LogP contribution is -2.03. The summed E-state index contributed by atoms with van der Waals surface area (Å²) in [6, 6.07) is 11.4. The summed E-state index contributed by atoms with van der Waals surface area (Å²) >= 11 is 5.87. The number of aromatic nitrogens is 1. The first kappa shape index (κ1) is 12.7. The van der Waals surface area contributed by atoms with E-state index >= 15 is 0 Å². The van der Waals surface area contributed by atoms with E-state index in [-0.39, 0.29) is 0 Å². The van der Waals surface area contributed by atoms with Crippen LogP contribution in [-0.4, -0.2) is 11.2 Å². The number of benzene rings is 1. The highest BCUT2D eigenvalue weighted by Crippen LogP contribution is 2.26. The van der Waals surface area contributed by atoms with Crippen LogP contribution in [0.5, 0.6) is 0 Å². The Morgan fingerprint density at radius 1 is 1.28 bits per heavy atom. The van der Waals surface area contributed by atoms with Gasteiger partial charge in [0.25, 0.3) is 0 Å². The first-order chi connectivity index (χ1) is 8.76. The van der Waals surface area contributed by atoms with Crippen molar-refractivity contribution in [1.29, 1.82) is 5.26 Å². The van der Waals surface area contributed by atoms with E-state index in [1.807, 2.05) is 42.0 Å². The second-order valence-corrected chi connectivity index (χ2v) is 4.22. The van der Waals surface area contributed by atoms with Gasteiger partial charge in [-0.2, -0.15) is 5.26 Å². The maximum absolute atomic E-state index is 9.14. The van der Waals surface area contributed by atoms with Crippen molar-refractivity contribution in [1.82, 2.24) is 4.57 Å². The molecule has 0 spiro atoms. The van der Waals surface area contributed by atoms with Crippen molar-refractivity contribution in [2.24, 2.45) is 0 Å². The zero-order valence-electron chi connectivity index (χ0n) is 10.1. The van der Waals surface area contributed by atoms with Crippen molar-refractivity contribution in [2.45, 2.75) is 13.7 Å². The van der Waals surface area contributed by atoms with E-state index in [1.165, 1.54) is 0 Å². The van der Waals surface area contributed by atoms with Crippen LogP contribution in [0.3, 0.4) is 0 Å². The number of rotatable bonds is 4. The van der Waals surface area contributed by atoms with Gasteiger partial charge in [-0.25, -0.2) is 0 Å². The van der Waals surface area contributed by atoms with Crippen LogP contribution in [0.1, 0.15) is 12.5 Å². The Balaban J connectivity index is 2.44. The fraction of sp³-hybridized carbons (Fsp3) is 0.214. The van der Waals surface area contributed by atoms with Crippen LogP contribution in [0.25, 0.3) is 11.3 Å². The molecule has 0 saturated carbocycles. The summed E-state index contributed by atoms with van der Waals surface area (Å²) in [7, 11) is 0. The Bertz CT molecular complexity index is 566. The molecule has 0 unspecified atom stereocenters. The van der Waals surface area contributed by atoms with Gasteiger partial charge in [0.2, 0.25) is 0 Å². The normalized spacial score (nSPS) is 10.3. The molecule has 2 rings (SSSR count). The molecular formula is C14H13ClN2O. The van der Waals surface area contributed by atoms with E-state index in [4.69, 9.17) is 21.6 Å². The summed E-state index contributed by atoms with van der Waals surface area (Å²) in [6.45, 7) is 3.02. The number of ether oxygens (including phenoxy) is 1. The lowest BCUT2D eigenvalue weighted by Gasteiger charge is -2.10. The van der Waals surface area contributed by atoms with E-state index in [9.17, 15) is 0 Å². The van der Waals surface area contributed by atoms with Crippen molar-refractivity contribution in [3.8, 4) is 17.3 Å². The minimum absolute atomic E-state index is 0.441. The van der Waals surface area contributed by atoms with Gasteiger partial charge in [0.15, 0.2) is 0 Å². The molecule has 0 saturated heterocycles. The van der Waals surface area contributed by atoms with Gasteiger partial charge >= 0.3 is 0 Å². The number of hydrogen-bond donors (Lipinski definition) is 0. The molecule has 92 valence electrons. The average Bonchev–Trinajstić information content (AvgIpc) is 2.80. The molecule has 0 atom stereocenters. The first-order valence-corrected chi connectivity index (χ1v) is 6.07. The van der Waals surface area contributed by atoms with Gasteiger partial charge in [0.05, 0.1) is 11.3 Å². The molecule has 0 aliphatic rings. The third kappa shape index (κ3) is 2.56. The van der Waals surface area contributed by atoms with Crippen LogP contribution in [0.2, 0.25) is 5.02 Å². The van der Waals surface area contributed by atoms with Gasteiger partial charge in [0, 0.05) is 17.8 Å². The van der Waals surface area contributed by atoms with Crippen molar-refractivity contribution >= 4 is 11.6 Å². The van der Waals surface area contributed by atoms with Gasteiger partial charge < -0.3 is 9.30 Å². The second-order valence-electron chi connectivity index (χ2n) is 3.79. The van der Waals surface area contributed by atoms with Crippen LogP contribution >= 0.6 is 11.6 Å². The molecule has 1 heterocycles. The third-order valence-electron chi connectivity index (χ3n) is 2.64. The molecule has 0 aliphatic carbocycles. The standard InChI is InChI=1S/C14H13ClN2O/c1-2-18-10-17-8-7-12(9-16)14(17)11-3-5-13(15)6-4-11/h3-8H,2,10H2,1H3. The van der Waals surface area contributed by atoms with Gasteiger partial charge in [-0.05, 0) is 30.7 Å². The number of hydrogen-bond acceptors (Lipinski definition) is 2. The molecule has 18 heavy (non-hydrogen) atoms. The molecule has 1 aromatic heterocycles. The minimum atomic E-state index is 0.441. The topological polar surface area (TPSA) is 38.0 Å². The monoisotopic (exact) mass is 260 g/mol. The molecule has 0 radical (unpaired) electrons. The zero-order valence-corrected chi connectivity index (χ0v) is 10.8. The largest absolute Gasteiger partial charge is 0.361 e. The molecule has 0 amide bonds. The average molecular weight is 261 g/mol. The van der Waals surface area contributed by atoms with E-state index in [2.05, 4.69) is 6.07 Å². The van der Waals surface area contributed by atoms with Crippen LogP contribution in [0.15, 0.2) is 36.5 Å². The summed E-state index contributed by atoms with van der Waals surface area (Å²) in [5, 5.41) is 9.82. The van der Waals surface area contributed by atoms with E-state index in [0.29, 0.717) is 23.9 Å². The van der Waals surface area contributed by atoms with Crippen molar-refractivity contribution in [2.75, 3.05) is 6.61 Å². The second kappa shape index (κ2) is 5.72. The maximum Gasteiger partial charge on any atom is 0.122 e. The van der Waals surface area contributed by atoms with Crippen LogP contribution in [0.4, 0.5) is 0 Å². The predicted molar refractivity (Wildman–Crippen MR) is 71.2 cm³/mol. The summed E-state index contributed by atoms with van der Waals surface area (Å²) in [5.74, 6) is 0. The Morgan fingerprint density at radius 2 is 2.00 bits per heavy atom. The fourth-order valence-electron chi connectivity index (χ4n) is 1.79. The SMILES string of the molecule is CCOCn1ccc(C#N)c1-c1ccc(Cl)cc1. The van der Waals surface area contributed by atoms with E-state index in [1.54, 1.807) is 6.07 Å². The zero-order chi connectivity index (χ0) is 13.0. The summed E-state index contributed by atoms with van der Waals surface area (Å²) in [5.41, 5.74) is 2.46. The lowest BCUT2D eigenvalue weighted by atomic mass is 10.1. The van der Waals surface area contributed by atoms with Crippen LogP contribution in [-0.2, 0) is 11.5 Å². The van der Waals surface area contributed by atoms with Gasteiger partial charge in [-0.15, -0.1) is 0 Å². The Hall–Kier alpha value is -1.76. The number of halogens is 1. The number of nitriles is 1. The molecule has 0 N–H and O–H groups in total. The predicted octanol–water partition coefficient (Wildman–Crippen LogP) is 3.67. The Kier molecular flexibility index (Phi) is 4.03. The highest BCUT2D eigenvalue weighted by atomic mass is 35.5. The maximum atomic E-state index is 9.14. The van der Waals surface area contributed by atoms with Crippen LogP contribution in [0, 0.1) is 11.3 Å². The molecule has 0 bridgehead atoms. The van der Waals surface area contributed by atoms with E-state index < -0.39 is 0 Å². The van der Waals surface area contributed by atoms with Crippen molar-refractivity contribution in [3.05, 3.63) is 47.1 Å². The van der Waals surface area contributed by atoms with Crippen LogP contribution < -0.4 is 0 Å². The summed E-state index contributed by atoms with van der Waals surface area (Å²) in [6.07, 6.45) is 1.86. The Labute approximate surface area is 111 Å². The summed E-state index contributed by atoms with van der Waals surface area (Å²) in [4.78, 5) is 0. The Morgan fingerprint density at radius 3 is 2.61 bits per heavy atom. The quantitative estimate of drug-likeness (QED) is 0.841. The van der Waals surface area contributed by atoms with E-state index in [0.717, 1.165) is 11.3 Å². The highest BCUT2D eigenvalue weighted by Gasteiger charge is 2.11. The molecule has 1 aromatic carbocycles. The molecule has 0 aliphatic heterocycles. The van der Waals surface area contributed by atoms with Crippen molar-refractivity contribution in [3.63, 3.8) is 0 Å². The third-order valence-corrected chi connectivity index (χ3v) is 2.89. The first-order valence-electron chi connectivity index (χ1n) is 5.69. The van der Waals surface area contributed by atoms with Gasteiger partial charge in [-0.3, -0.25) is 0 Å². The minimum Gasteiger partial charge on any atom is -0.361 e. The van der Waals surface area contributed by atoms with Gasteiger partial charge in [-0.1, -0.05) is 23.7 Å². The van der Waals surface area contributed by atoms with Crippen molar-refractivity contribution < 1.29 is 4.74 Å². The molecule has 4 heteroatoms. The number of nitrogens with zero attached hydrogens (tertiary/aromatic N) is 2.